The van der Waals surface area contributed by atoms with Crippen LogP contribution in [0.3, 0.4) is 0 Å². The predicted molar refractivity (Wildman–Crippen MR) is 69.5 cm³/mol. The Balaban J connectivity index is 2.03. The molecule has 0 aromatic heterocycles. The Morgan fingerprint density at radius 3 is 2.00 bits per heavy atom. The lowest BCUT2D eigenvalue weighted by Gasteiger charge is -2.19. The standard InChI is InChI=1S/C15H17NO/c16-14(11-12-7-3-1-4-8-12)15(17)13-9-5-2-6-10-13/h1-10,14-15,17H,11,16H2/t14-,15+/m1/s1. The molecule has 2 atom stereocenters. The molecule has 0 spiro atoms. The summed E-state index contributed by atoms with van der Waals surface area (Å²) in [5.74, 6) is 0. The van der Waals surface area contributed by atoms with E-state index in [9.17, 15) is 5.11 Å². The van der Waals surface area contributed by atoms with Gasteiger partial charge in [0.1, 0.15) is 0 Å². The third-order valence-corrected chi connectivity index (χ3v) is 2.86. The van der Waals surface area contributed by atoms with Gasteiger partial charge in [0.25, 0.3) is 0 Å². The van der Waals surface area contributed by atoms with Gasteiger partial charge in [-0.25, -0.2) is 0 Å². The Morgan fingerprint density at radius 1 is 0.882 bits per heavy atom. The van der Waals surface area contributed by atoms with Crippen molar-refractivity contribution in [2.45, 2.75) is 18.6 Å². The molecule has 0 saturated heterocycles. The van der Waals surface area contributed by atoms with Crippen LogP contribution in [0.1, 0.15) is 17.2 Å². The summed E-state index contributed by atoms with van der Waals surface area (Å²) in [5.41, 5.74) is 8.05. The van der Waals surface area contributed by atoms with E-state index in [2.05, 4.69) is 0 Å². The molecule has 17 heavy (non-hydrogen) atoms. The first-order valence-corrected chi connectivity index (χ1v) is 5.80. The highest BCUT2D eigenvalue weighted by molar-refractivity contribution is 5.21. The third-order valence-electron chi connectivity index (χ3n) is 2.86. The van der Waals surface area contributed by atoms with Crippen molar-refractivity contribution in [1.29, 1.82) is 0 Å². The van der Waals surface area contributed by atoms with Crippen molar-refractivity contribution in [2.75, 3.05) is 0 Å². The molecule has 2 aromatic carbocycles. The fraction of sp³-hybridized carbons (Fsp3) is 0.200. The molecule has 0 aliphatic carbocycles. The van der Waals surface area contributed by atoms with Gasteiger partial charge in [-0.2, -0.15) is 0 Å². The minimum atomic E-state index is -0.614. The van der Waals surface area contributed by atoms with Gasteiger partial charge in [0.2, 0.25) is 0 Å². The molecule has 0 fully saturated rings. The second-order valence-electron chi connectivity index (χ2n) is 4.21. The van der Waals surface area contributed by atoms with Crippen LogP contribution in [0, 0.1) is 0 Å². The van der Waals surface area contributed by atoms with E-state index in [4.69, 9.17) is 5.73 Å². The van der Waals surface area contributed by atoms with Gasteiger partial charge >= 0.3 is 0 Å². The molecule has 0 saturated carbocycles. The van der Waals surface area contributed by atoms with Crippen molar-refractivity contribution in [1.82, 2.24) is 0 Å². The zero-order valence-electron chi connectivity index (χ0n) is 9.66. The van der Waals surface area contributed by atoms with Crippen molar-refractivity contribution in [2.24, 2.45) is 5.73 Å². The van der Waals surface area contributed by atoms with Crippen LogP contribution in [0.15, 0.2) is 60.7 Å². The molecule has 0 bridgehead atoms. The van der Waals surface area contributed by atoms with Crippen molar-refractivity contribution in [3.63, 3.8) is 0 Å². The highest BCUT2D eigenvalue weighted by Gasteiger charge is 2.16. The van der Waals surface area contributed by atoms with Gasteiger partial charge in [-0.1, -0.05) is 60.7 Å². The average Bonchev–Trinajstić information content (AvgIpc) is 2.40. The number of aliphatic hydroxyl groups is 1. The van der Waals surface area contributed by atoms with E-state index in [0.717, 1.165) is 11.1 Å². The monoisotopic (exact) mass is 227 g/mol. The molecule has 2 aromatic rings. The maximum Gasteiger partial charge on any atom is 0.0944 e. The molecule has 2 nitrogen and oxygen atoms in total. The van der Waals surface area contributed by atoms with Gasteiger partial charge in [-0.05, 0) is 17.5 Å². The molecule has 2 rings (SSSR count). The van der Waals surface area contributed by atoms with E-state index in [1.807, 2.05) is 60.7 Å². The Hall–Kier alpha value is -1.64. The topological polar surface area (TPSA) is 46.2 Å². The zero-order valence-corrected chi connectivity index (χ0v) is 9.66. The summed E-state index contributed by atoms with van der Waals surface area (Å²) in [6, 6.07) is 19.3. The molecule has 0 radical (unpaired) electrons. The third kappa shape index (κ3) is 3.16. The predicted octanol–water partition coefficient (Wildman–Crippen LogP) is 2.29. The summed E-state index contributed by atoms with van der Waals surface area (Å²) in [6.45, 7) is 0. The van der Waals surface area contributed by atoms with Crippen LogP contribution in [0.5, 0.6) is 0 Å². The van der Waals surface area contributed by atoms with Crippen molar-refractivity contribution < 1.29 is 5.11 Å². The Labute approximate surface area is 102 Å². The molecule has 88 valence electrons. The molecule has 0 unspecified atom stereocenters. The second kappa shape index (κ2) is 5.62. The van der Waals surface area contributed by atoms with E-state index >= 15 is 0 Å². The number of benzene rings is 2. The van der Waals surface area contributed by atoms with E-state index in [0.29, 0.717) is 6.42 Å². The van der Waals surface area contributed by atoms with E-state index in [1.54, 1.807) is 0 Å². The van der Waals surface area contributed by atoms with Gasteiger partial charge in [0, 0.05) is 6.04 Å². The summed E-state index contributed by atoms with van der Waals surface area (Å²) in [4.78, 5) is 0. The summed E-state index contributed by atoms with van der Waals surface area (Å²) in [6.07, 6.45) is 0.0630. The maximum absolute atomic E-state index is 10.1. The SMILES string of the molecule is N[C@H](Cc1ccccc1)[C@@H](O)c1ccccc1. The van der Waals surface area contributed by atoms with Gasteiger partial charge in [0.15, 0.2) is 0 Å². The lowest BCUT2D eigenvalue weighted by molar-refractivity contribution is 0.146. The summed E-state index contributed by atoms with van der Waals surface area (Å²) >= 11 is 0. The molecular formula is C15H17NO. The van der Waals surface area contributed by atoms with Crippen LogP contribution < -0.4 is 5.73 Å². The van der Waals surface area contributed by atoms with Crippen molar-refractivity contribution >= 4 is 0 Å². The molecule has 2 heteroatoms. The number of rotatable bonds is 4. The lowest BCUT2D eigenvalue weighted by atomic mass is 9.97. The fourth-order valence-electron chi connectivity index (χ4n) is 1.90. The molecule has 0 aliphatic rings. The van der Waals surface area contributed by atoms with E-state index in [-0.39, 0.29) is 6.04 Å². The van der Waals surface area contributed by atoms with Crippen molar-refractivity contribution in [3.8, 4) is 0 Å². The summed E-state index contributed by atoms with van der Waals surface area (Å²) in [7, 11) is 0. The number of nitrogens with two attached hydrogens (primary N) is 1. The first-order valence-electron chi connectivity index (χ1n) is 5.80. The van der Waals surface area contributed by atoms with Crippen LogP contribution in [-0.2, 0) is 6.42 Å². The van der Waals surface area contributed by atoms with Gasteiger partial charge in [0.05, 0.1) is 6.10 Å². The van der Waals surface area contributed by atoms with Crippen LogP contribution in [0.4, 0.5) is 0 Å². The fourth-order valence-corrected chi connectivity index (χ4v) is 1.90. The second-order valence-corrected chi connectivity index (χ2v) is 4.21. The molecule has 3 N–H and O–H groups in total. The maximum atomic E-state index is 10.1. The first kappa shape index (κ1) is 11.8. The van der Waals surface area contributed by atoms with Gasteiger partial charge in [-0.15, -0.1) is 0 Å². The first-order chi connectivity index (χ1) is 8.27. The summed E-state index contributed by atoms with van der Waals surface area (Å²) < 4.78 is 0. The Morgan fingerprint density at radius 2 is 1.41 bits per heavy atom. The number of hydrogen-bond donors (Lipinski definition) is 2. The minimum Gasteiger partial charge on any atom is -0.387 e. The number of aliphatic hydroxyl groups excluding tert-OH is 1. The largest absolute Gasteiger partial charge is 0.387 e. The van der Waals surface area contributed by atoms with Crippen molar-refractivity contribution in [3.05, 3.63) is 71.8 Å². The number of hydrogen-bond acceptors (Lipinski definition) is 2. The van der Waals surface area contributed by atoms with Crippen LogP contribution >= 0.6 is 0 Å². The average molecular weight is 227 g/mol. The Bertz CT molecular complexity index is 441. The molecule has 0 heterocycles. The highest BCUT2D eigenvalue weighted by atomic mass is 16.3. The quantitative estimate of drug-likeness (QED) is 0.841. The zero-order chi connectivity index (χ0) is 12.1. The molecule has 0 aliphatic heterocycles. The highest BCUT2D eigenvalue weighted by Crippen LogP contribution is 2.17. The minimum absolute atomic E-state index is 0.278. The Kier molecular flexibility index (Phi) is 3.91. The lowest BCUT2D eigenvalue weighted by Crippen LogP contribution is -2.30. The van der Waals surface area contributed by atoms with Gasteiger partial charge < -0.3 is 10.8 Å². The van der Waals surface area contributed by atoms with Gasteiger partial charge in [-0.3, -0.25) is 0 Å². The van der Waals surface area contributed by atoms with Crippen LogP contribution in [0.2, 0.25) is 0 Å². The smallest absolute Gasteiger partial charge is 0.0944 e. The van der Waals surface area contributed by atoms with E-state index < -0.39 is 6.10 Å². The normalized spacial score (nSPS) is 14.2. The van der Waals surface area contributed by atoms with Crippen LogP contribution in [-0.4, -0.2) is 11.1 Å². The van der Waals surface area contributed by atoms with E-state index in [1.165, 1.54) is 0 Å². The molecular weight excluding hydrogens is 210 g/mol. The molecule has 0 amide bonds. The van der Waals surface area contributed by atoms with Crippen LogP contribution in [0.25, 0.3) is 0 Å². The summed E-state index contributed by atoms with van der Waals surface area (Å²) in [5, 5.41) is 10.1.